The zero-order valence-corrected chi connectivity index (χ0v) is 9.04. The third kappa shape index (κ3) is 3.82. The average molecular weight is 243 g/mol. The number of hydrogen-bond acceptors (Lipinski definition) is 2. The number of carboxylic acid groups (broad SMARTS) is 1. The molecular formula is C11H11F2NO3. The van der Waals surface area contributed by atoms with Gasteiger partial charge in [0.1, 0.15) is 17.7 Å². The summed E-state index contributed by atoms with van der Waals surface area (Å²) in [6, 6.07) is 1.63. The second-order valence-corrected chi connectivity index (χ2v) is 3.53. The first-order chi connectivity index (χ1) is 7.90. The summed E-state index contributed by atoms with van der Waals surface area (Å²) in [6.45, 7) is 1.16. The molecule has 0 radical (unpaired) electrons. The summed E-state index contributed by atoms with van der Waals surface area (Å²) in [5, 5.41) is 11.0. The average Bonchev–Trinajstić information content (AvgIpc) is 2.19. The molecular weight excluding hydrogens is 232 g/mol. The van der Waals surface area contributed by atoms with Crippen molar-refractivity contribution in [1.82, 2.24) is 5.32 Å². The number of rotatable bonds is 4. The molecule has 1 amide bonds. The number of carboxylic acids is 1. The Morgan fingerprint density at radius 2 is 2.06 bits per heavy atom. The Bertz CT molecular complexity index is 448. The van der Waals surface area contributed by atoms with Gasteiger partial charge in [-0.1, -0.05) is 6.07 Å². The van der Waals surface area contributed by atoms with Crippen LogP contribution in [0, 0.1) is 11.6 Å². The lowest BCUT2D eigenvalue weighted by Crippen LogP contribution is -2.41. The lowest BCUT2D eigenvalue weighted by Gasteiger charge is -2.13. The largest absolute Gasteiger partial charge is 0.480 e. The quantitative estimate of drug-likeness (QED) is 0.832. The Labute approximate surface area is 96.3 Å². The minimum Gasteiger partial charge on any atom is -0.480 e. The van der Waals surface area contributed by atoms with Crippen LogP contribution >= 0.6 is 0 Å². The van der Waals surface area contributed by atoms with Gasteiger partial charge in [-0.3, -0.25) is 4.79 Å². The molecule has 0 aliphatic rings. The van der Waals surface area contributed by atoms with Crippen LogP contribution in [0.1, 0.15) is 12.5 Å². The molecule has 1 atom stereocenters. The van der Waals surface area contributed by atoms with Gasteiger partial charge in [-0.15, -0.1) is 0 Å². The number of amides is 1. The van der Waals surface area contributed by atoms with Gasteiger partial charge in [0.25, 0.3) is 0 Å². The lowest BCUT2D eigenvalue weighted by atomic mass is 10.1. The summed E-state index contributed by atoms with van der Waals surface area (Å²) in [6.07, 6.45) is -0.235. The van der Waals surface area contributed by atoms with E-state index in [2.05, 4.69) is 5.32 Å². The van der Waals surface area contributed by atoms with Gasteiger partial charge in [-0.25, -0.2) is 13.6 Å². The summed E-state index contributed by atoms with van der Waals surface area (Å²) in [4.78, 5) is 21.6. The number of nitrogens with one attached hydrogen (secondary N) is 1. The van der Waals surface area contributed by atoms with Crippen molar-refractivity contribution in [3.8, 4) is 0 Å². The van der Waals surface area contributed by atoms with Crippen LogP contribution in [0.5, 0.6) is 0 Å². The Balaban J connectivity index is 2.86. The highest BCUT2D eigenvalue weighted by Crippen LogP contribution is 2.11. The third-order valence-electron chi connectivity index (χ3n) is 2.11. The number of carbonyl (C=O) groups is 2. The minimum atomic E-state index is -1.27. The zero-order chi connectivity index (χ0) is 13.0. The van der Waals surface area contributed by atoms with E-state index in [9.17, 15) is 18.4 Å². The predicted molar refractivity (Wildman–Crippen MR) is 55.3 cm³/mol. The Hall–Kier alpha value is -1.98. The van der Waals surface area contributed by atoms with Crippen LogP contribution in [0.2, 0.25) is 0 Å². The van der Waals surface area contributed by atoms with Crippen LogP contribution in [0.15, 0.2) is 18.2 Å². The molecule has 2 N–H and O–H groups in total. The molecule has 1 aromatic rings. The molecule has 92 valence electrons. The van der Waals surface area contributed by atoms with Gasteiger partial charge in [-0.2, -0.15) is 0 Å². The first kappa shape index (κ1) is 13.1. The minimum absolute atomic E-state index is 0.0348. The van der Waals surface area contributed by atoms with Crippen molar-refractivity contribution in [2.24, 2.45) is 0 Å². The number of benzene rings is 1. The molecule has 0 aliphatic heterocycles. The van der Waals surface area contributed by atoms with Gasteiger partial charge in [0, 0.05) is 19.4 Å². The van der Waals surface area contributed by atoms with Crippen molar-refractivity contribution in [2.45, 2.75) is 19.4 Å². The number of carbonyl (C=O) groups excluding carboxylic acids is 1. The molecule has 0 bridgehead atoms. The van der Waals surface area contributed by atoms with E-state index in [1.165, 1.54) is 0 Å². The molecule has 4 nitrogen and oxygen atoms in total. The normalized spacial score (nSPS) is 11.9. The maximum Gasteiger partial charge on any atom is 0.326 e. The monoisotopic (exact) mass is 243 g/mol. The fourth-order valence-corrected chi connectivity index (χ4v) is 1.35. The van der Waals surface area contributed by atoms with Crippen molar-refractivity contribution in [3.63, 3.8) is 0 Å². The summed E-state index contributed by atoms with van der Waals surface area (Å²) in [7, 11) is 0. The van der Waals surface area contributed by atoms with E-state index in [0.717, 1.165) is 19.1 Å². The standard InChI is InChI=1S/C11H11F2NO3/c1-6(15)14-10(11(16)17)4-7-2-3-8(12)5-9(7)13/h2-3,5,10H,4H2,1H3,(H,14,15)(H,16,17)/t10-/m0/s1. The van der Waals surface area contributed by atoms with E-state index in [4.69, 9.17) is 5.11 Å². The van der Waals surface area contributed by atoms with Crippen molar-refractivity contribution < 1.29 is 23.5 Å². The molecule has 0 aromatic heterocycles. The maximum absolute atomic E-state index is 13.3. The van der Waals surface area contributed by atoms with Crippen LogP contribution in [-0.2, 0) is 16.0 Å². The molecule has 0 aliphatic carbocycles. The maximum atomic E-state index is 13.3. The van der Waals surface area contributed by atoms with Crippen molar-refractivity contribution in [3.05, 3.63) is 35.4 Å². The van der Waals surface area contributed by atoms with Crippen LogP contribution in [-0.4, -0.2) is 23.0 Å². The third-order valence-corrected chi connectivity index (χ3v) is 2.11. The van der Waals surface area contributed by atoms with Gasteiger partial charge in [0.2, 0.25) is 5.91 Å². The van der Waals surface area contributed by atoms with Crippen LogP contribution < -0.4 is 5.32 Å². The zero-order valence-electron chi connectivity index (χ0n) is 9.04. The van der Waals surface area contributed by atoms with Crippen LogP contribution in [0.25, 0.3) is 0 Å². The molecule has 0 unspecified atom stereocenters. The van der Waals surface area contributed by atoms with Gasteiger partial charge >= 0.3 is 5.97 Å². The molecule has 1 aromatic carbocycles. The van der Waals surface area contributed by atoms with Crippen molar-refractivity contribution in [2.75, 3.05) is 0 Å². The van der Waals surface area contributed by atoms with Crippen LogP contribution in [0.4, 0.5) is 8.78 Å². The van der Waals surface area contributed by atoms with Gasteiger partial charge in [0.15, 0.2) is 0 Å². The van der Waals surface area contributed by atoms with E-state index >= 15 is 0 Å². The molecule has 6 heteroatoms. The van der Waals surface area contributed by atoms with E-state index in [1.807, 2.05) is 0 Å². The predicted octanol–water partition coefficient (Wildman–Crippen LogP) is 1.10. The summed E-state index contributed by atoms with van der Waals surface area (Å²) >= 11 is 0. The van der Waals surface area contributed by atoms with E-state index < -0.39 is 29.6 Å². The Morgan fingerprint density at radius 3 is 2.53 bits per heavy atom. The van der Waals surface area contributed by atoms with Crippen molar-refractivity contribution in [1.29, 1.82) is 0 Å². The van der Waals surface area contributed by atoms with E-state index in [1.54, 1.807) is 0 Å². The second kappa shape index (κ2) is 5.38. The van der Waals surface area contributed by atoms with Crippen molar-refractivity contribution >= 4 is 11.9 Å². The van der Waals surface area contributed by atoms with Crippen LogP contribution in [0.3, 0.4) is 0 Å². The van der Waals surface area contributed by atoms with Gasteiger partial charge < -0.3 is 10.4 Å². The number of halogens is 2. The van der Waals surface area contributed by atoms with E-state index in [0.29, 0.717) is 6.07 Å². The summed E-state index contributed by atoms with van der Waals surface area (Å²) < 4.78 is 25.9. The van der Waals surface area contributed by atoms with Gasteiger partial charge in [-0.05, 0) is 11.6 Å². The molecule has 0 heterocycles. The molecule has 17 heavy (non-hydrogen) atoms. The lowest BCUT2D eigenvalue weighted by molar-refractivity contribution is -0.141. The molecule has 0 fully saturated rings. The first-order valence-electron chi connectivity index (χ1n) is 4.84. The highest BCUT2D eigenvalue weighted by molar-refractivity contribution is 5.82. The molecule has 0 spiro atoms. The smallest absolute Gasteiger partial charge is 0.326 e. The fourth-order valence-electron chi connectivity index (χ4n) is 1.35. The second-order valence-electron chi connectivity index (χ2n) is 3.53. The Morgan fingerprint density at radius 1 is 1.41 bits per heavy atom. The van der Waals surface area contributed by atoms with Gasteiger partial charge in [0.05, 0.1) is 0 Å². The Kier molecular flexibility index (Phi) is 4.14. The molecule has 0 saturated carbocycles. The first-order valence-corrected chi connectivity index (χ1v) is 4.84. The summed E-state index contributed by atoms with van der Waals surface area (Å²) in [5.74, 6) is -3.37. The molecule has 0 saturated heterocycles. The topological polar surface area (TPSA) is 66.4 Å². The highest BCUT2D eigenvalue weighted by Gasteiger charge is 2.20. The summed E-state index contributed by atoms with van der Waals surface area (Å²) in [5.41, 5.74) is 0.0348. The fraction of sp³-hybridized carbons (Fsp3) is 0.273. The highest BCUT2D eigenvalue weighted by atomic mass is 19.1. The molecule has 1 rings (SSSR count). The van der Waals surface area contributed by atoms with E-state index in [-0.39, 0.29) is 12.0 Å². The number of aliphatic carboxylic acids is 1. The number of hydrogen-bond donors (Lipinski definition) is 2. The SMILES string of the molecule is CC(=O)N[C@@H](Cc1ccc(F)cc1F)C(=O)O.